The van der Waals surface area contributed by atoms with Crippen molar-refractivity contribution in [2.75, 3.05) is 0 Å². The van der Waals surface area contributed by atoms with Crippen molar-refractivity contribution in [1.29, 1.82) is 0 Å². The monoisotopic (exact) mass is 287 g/mol. The summed E-state index contributed by atoms with van der Waals surface area (Å²) < 4.78 is 1.90. The van der Waals surface area contributed by atoms with Crippen LogP contribution in [-0.4, -0.2) is 19.6 Å². The average molecular weight is 287 g/mol. The van der Waals surface area contributed by atoms with Gasteiger partial charge in [-0.2, -0.15) is 4.98 Å². The van der Waals surface area contributed by atoms with Crippen molar-refractivity contribution in [2.45, 2.75) is 0 Å². The second-order valence-electron chi connectivity index (χ2n) is 5.01. The zero-order chi connectivity index (χ0) is 14.9. The molecule has 0 saturated carbocycles. The van der Waals surface area contributed by atoms with Crippen molar-refractivity contribution in [2.24, 2.45) is 0 Å². The van der Waals surface area contributed by atoms with Crippen LogP contribution in [0.5, 0.6) is 5.88 Å². The van der Waals surface area contributed by atoms with E-state index >= 15 is 0 Å². The van der Waals surface area contributed by atoms with Gasteiger partial charge in [0.25, 0.3) is 0 Å². The van der Waals surface area contributed by atoms with Crippen molar-refractivity contribution in [3.05, 3.63) is 73.1 Å². The molecule has 2 heterocycles. The largest absolute Gasteiger partial charge is 0.493 e. The summed E-state index contributed by atoms with van der Waals surface area (Å²) >= 11 is 0. The zero-order valence-corrected chi connectivity index (χ0v) is 11.7. The molecule has 0 aliphatic heterocycles. The Morgan fingerprint density at radius 3 is 2.45 bits per heavy atom. The minimum atomic E-state index is -0.00792. The molecule has 22 heavy (non-hydrogen) atoms. The van der Waals surface area contributed by atoms with Gasteiger partial charge in [0.05, 0.1) is 5.69 Å². The maximum absolute atomic E-state index is 9.65. The van der Waals surface area contributed by atoms with Crippen molar-refractivity contribution < 1.29 is 5.11 Å². The second-order valence-corrected chi connectivity index (χ2v) is 5.01. The van der Waals surface area contributed by atoms with E-state index < -0.39 is 0 Å². The van der Waals surface area contributed by atoms with Gasteiger partial charge in [0.2, 0.25) is 5.88 Å². The molecule has 0 aliphatic carbocycles. The molecular weight excluding hydrogens is 274 g/mol. The molecule has 2 aromatic carbocycles. The first-order valence-corrected chi connectivity index (χ1v) is 7.01. The van der Waals surface area contributed by atoms with E-state index in [0.29, 0.717) is 5.65 Å². The topological polar surface area (TPSA) is 50.9 Å². The predicted octanol–water partition coefficient (Wildman–Crippen LogP) is 3.79. The van der Waals surface area contributed by atoms with Gasteiger partial charge in [-0.15, -0.1) is 0 Å². The summed E-state index contributed by atoms with van der Waals surface area (Å²) in [6.45, 7) is 0. The molecule has 4 aromatic rings. The van der Waals surface area contributed by atoms with Crippen LogP contribution in [0.3, 0.4) is 0 Å². The van der Waals surface area contributed by atoms with Crippen LogP contribution in [0, 0.1) is 0 Å². The van der Waals surface area contributed by atoms with Crippen LogP contribution >= 0.6 is 0 Å². The van der Waals surface area contributed by atoms with Crippen LogP contribution < -0.4 is 0 Å². The fourth-order valence-corrected chi connectivity index (χ4v) is 2.61. The van der Waals surface area contributed by atoms with Crippen molar-refractivity contribution in [3.63, 3.8) is 0 Å². The summed E-state index contributed by atoms with van der Waals surface area (Å²) in [7, 11) is 0. The molecule has 0 fully saturated rings. The van der Waals surface area contributed by atoms with Gasteiger partial charge in [0.1, 0.15) is 11.8 Å². The lowest BCUT2D eigenvalue weighted by atomic mass is 10.0. The number of hydrogen-bond donors (Lipinski definition) is 1. The van der Waals surface area contributed by atoms with Crippen molar-refractivity contribution >= 4 is 11.2 Å². The van der Waals surface area contributed by atoms with Crippen molar-refractivity contribution in [3.8, 4) is 22.7 Å². The summed E-state index contributed by atoms with van der Waals surface area (Å²) in [6, 6.07) is 21.6. The molecule has 4 rings (SSSR count). The lowest BCUT2D eigenvalue weighted by Crippen LogP contribution is -1.96. The summed E-state index contributed by atoms with van der Waals surface area (Å²) in [5, 5.41) is 9.65. The Hall–Kier alpha value is -3.14. The van der Waals surface area contributed by atoms with E-state index in [1.165, 1.54) is 0 Å². The molecule has 0 saturated heterocycles. The number of rotatable bonds is 2. The lowest BCUT2D eigenvalue weighted by molar-refractivity contribution is 0.455. The molecule has 2 aromatic heterocycles. The maximum atomic E-state index is 9.65. The Bertz CT molecular complexity index is 945. The number of aromatic hydroxyl groups is 1. The van der Waals surface area contributed by atoms with E-state index in [-0.39, 0.29) is 5.88 Å². The smallest absolute Gasteiger partial charge is 0.212 e. The number of imidazole rings is 1. The highest BCUT2D eigenvalue weighted by atomic mass is 16.3. The number of nitrogens with zero attached hydrogens (tertiary/aromatic N) is 3. The Morgan fingerprint density at radius 2 is 1.59 bits per heavy atom. The fourth-order valence-electron chi connectivity index (χ4n) is 2.61. The van der Waals surface area contributed by atoms with E-state index in [9.17, 15) is 5.11 Å². The standard InChI is InChI=1S/C18H13N3O/c22-17-11-10-15-18(20-17)21(12-19-15)16-9-5-4-8-14(16)13-6-2-1-3-7-13/h1-12H,(H,20,22). The van der Waals surface area contributed by atoms with Crippen LogP contribution in [0.25, 0.3) is 28.0 Å². The summed E-state index contributed by atoms with van der Waals surface area (Å²) in [6.07, 6.45) is 1.74. The van der Waals surface area contributed by atoms with Crippen LogP contribution in [0.2, 0.25) is 0 Å². The summed E-state index contributed by atoms with van der Waals surface area (Å²) in [5.41, 5.74) is 4.59. The number of pyridine rings is 1. The van der Waals surface area contributed by atoms with E-state index in [2.05, 4.69) is 28.2 Å². The number of aromatic nitrogens is 3. The third-order valence-corrected chi connectivity index (χ3v) is 3.63. The molecule has 4 heteroatoms. The number of benzene rings is 2. The van der Waals surface area contributed by atoms with Gasteiger partial charge in [-0.1, -0.05) is 48.5 Å². The highest BCUT2D eigenvalue weighted by Crippen LogP contribution is 2.28. The molecule has 0 radical (unpaired) electrons. The number of hydrogen-bond acceptors (Lipinski definition) is 3. The molecule has 0 atom stereocenters. The molecule has 106 valence electrons. The first-order chi connectivity index (χ1) is 10.8. The Balaban J connectivity index is 1.98. The van der Waals surface area contributed by atoms with E-state index in [0.717, 1.165) is 22.3 Å². The number of fused-ring (bicyclic) bond motifs is 1. The highest BCUT2D eigenvalue weighted by Gasteiger charge is 2.11. The lowest BCUT2D eigenvalue weighted by Gasteiger charge is -2.11. The quantitative estimate of drug-likeness (QED) is 0.610. The minimum Gasteiger partial charge on any atom is -0.493 e. The molecule has 0 spiro atoms. The van der Waals surface area contributed by atoms with Gasteiger partial charge < -0.3 is 5.11 Å². The van der Waals surface area contributed by atoms with Crippen LogP contribution in [-0.2, 0) is 0 Å². The van der Waals surface area contributed by atoms with Crippen molar-refractivity contribution in [1.82, 2.24) is 14.5 Å². The van der Waals surface area contributed by atoms with Gasteiger partial charge in [0, 0.05) is 11.6 Å². The Morgan fingerprint density at radius 1 is 0.818 bits per heavy atom. The Labute approximate surface area is 127 Å². The predicted molar refractivity (Wildman–Crippen MR) is 86.0 cm³/mol. The molecule has 0 amide bonds. The van der Waals surface area contributed by atoms with Gasteiger partial charge in [-0.3, -0.25) is 4.57 Å². The third-order valence-electron chi connectivity index (χ3n) is 3.63. The van der Waals surface area contributed by atoms with Gasteiger partial charge in [-0.25, -0.2) is 4.98 Å². The first-order valence-electron chi connectivity index (χ1n) is 7.01. The highest BCUT2D eigenvalue weighted by molar-refractivity contribution is 5.79. The van der Waals surface area contributed by atoms with E-state index in [4.69, 9.17) is 0 Å². The maximum Gasteiger partial charge on any atom is 0.212 e. The normalized spacial score (nSPS) is 10.9. The minimum absolute atomic E-state index is 0.00792. The molecule has 1 N–H and O–H groups in total. The van der Waals surface area contributed by atoms with Gasteiger partial charge >= 0.3 is 0 Å². The third kappa shape index (κ3) is 2.02. The summed E-state index contributed by atoms with van der Waals surface area (Å²) in [4.78, 5) is 8.56. The zero-order valence-electron chi connectivity index (χ0n) is 11.7. The van der Waals surface area contributed by atoms with Gasteiger partial charge in [0.15, 0.2) is 5.65 Å². The second kappa shape index (κ2) is 5.00. The Kier molecular flexibility index (Phi) is 2.86. The van der Waals surface area contributed by atoms with E-state index in [1.807, 2.05) is 41.0 Å². The fraction of sp³-hybridized carbons (Fsp3) is 0. The average Bonchev–Trinajstić information content (AvgIpc) is 2.98. The number of para-hydroxylation sites is 1. The molecular formula is C18H13N3O. The summed E-state index contributed by atoms with van der Waals surface area (Å²) in [5.74, 6) is -0.00792. The van der Waals surface area contributed by atoms with E-state index in [1.54, 1.807) is 18.5 Å². The van der Waals surface area contributed by atoms with Crippen LogP contribution in [0.1, 0.15) is 0 Å². The first kappa shape index (κ1) is 12.6. The molecule has 4 nitrogen and oxygen atoms in total. The molecule has 0 bridgehead atoms. The van der Waals surface area contributed by atoms with Gasteiger partial charge in [-0.05, 0) is 17.7 Å². The van der Waals surface area contributed by atoms with Crippen LogP contribution in [0.15, 0.2) is 73.1 Å². The SMILES string of the molecule is Oc1ccc2ncn(-c3ccccc3-c3ccccc3)c2n1. The molecule has 0 aliphatic rings. The molecule has 0 unspecified atom stereocenters. The van der Waals surface area contributed by atoms with Crippen LogP contribution in [0.4, 0.5) is 0 Å².